The van der Waals surface area contributed by atoms with Gasteiger partial charge in [-0.05, 0) is 17.4 Å². The van der Waals surface area contributed by atoms with Gasteiger partial charge < -0.3 is 0 Å². The maximum atomic E-state index is 4.55. The number of hydrogen-bond acceptors (Lipinski definition) is 2. The van der Waals surface area contributed by atoms with E-state index in [4.69, 9.17) is 0 Å². The molecule has 2 nitrogen and oxygen atoms in total. The van der Waals surface area contributed by atoms with E-state index in [0.29, 0.717) is 5.92 Å². The monoisotopic (exact) mass is 192 g/mol. The van der Waals surface area contributed by atoms with Crippen LogP contribution in [0.1, 0.15) is 52.1 Å². The summed E-state index contributed by atoms with van der Waals surface area (Å²) in [5, 5.41) is 0. The molecular formula is C12H20N2. The van der Waals surface area contributed by atoms with Crippen LogP contribution in [0.5, 0.6) is 0 Å². The highest BCUT2D eigenvalue weighted by molar-refractivity contribution is 5.07. The Morgan fingerprint density at radius 1 is 1.29 bits per heavy atom. The van der Waals surface area contributed by atoms with Crippen molar-refractivity contribution in [3.8, 4) is 0 Å². The third kappa shape index (κ3) is 3.44. The van der Waals surface area contributed by atoms with Gasteiger partial charge in [0.2, 0.25) is 0 Å². The van der Waals surface area contributed by atoms with Gasteiger partial charge in [0.05, 0.1) is 0 Å². The molecule has 78 valence electrons. The van der Waals surface area contributed by atoms with Crippen molar-refractivity contribution in [3.63, 3.8) is 0 Å². The molecule has 1 aromatic rings. The molecule has 0 radical (unpaired) electrons. The summed E-state index contributed by atoms with van der Waals surface area (Å²) in [6.45, 7) is 10.9. The Morgan fingerprint density at radius 2 is 1.93 bits per heavy atom. The zero-order valence-electron chi connectivity index (χ0n) is 9.83. The van der Waals surface area contributed by atoms with E-state index >= 15 is 0 Å². The lowest BCUT2D eigenvalue weighted by Crippen LogP contribution is -2.12. The van der Waals surface area contributed by atoms with Crippen molar-refractivity contribution in [1.82, 2.24) is 9.97 Å². The molecule has 0 atom stereocenters. The quantitative estimate of drug-likeness (QED) is 0.719. The molecule has 0 unspecified atom stereocenters. The predicted octanol–water partition coefficient (Wildman–Crippen LogP) is 3.19. The van der Waals surface area contributed by atoms with Crippen LogP contribution in [-0.2, 0) is 6.42 Å². The molecule has 0 N–H and O–H groups in total. The molecule has 0 spiro atoms. The van der Waals surface area contributed by atoms with E-state index in [2.05, 4.69) is 44.6 Å². The lowest BCUT2D eigenvalue weighted by Gasteiger charge is -2.17. The summed E-state index contributed by atoms with van der Waals surface area (Å²) in [5.74, 6) is 1.44. The summed E-state index contributed by atoms with van der Waals surface area (Å²) in [5.41, 5.74) is 1.40. The van der Waals surface area contributed by atoms with Crippen LogP contribution in [0.2, 0.25) is 0 Å². The van der Waals surface area contributed by atoms with Crippen molar-refractivity contribution >= 4 is 0 Å². The van der Waals surface area contributed by atoms with Crippen LogP contribution in [0.15, 0.2) is 12.3 Å². The minimum atomic E-state index is 0.260. The second-order valence-electron chi connectivity index (χ2n) is 5.29. The molecule has 0 aliphatic rings. The highest BCUT2D eigenvalue weighted by Crippen LogP contribution is 2.19. The van der Waals surface area contributed by atoms with Gasteiger partial charge in [0.1, 0.15) is 5.82 Å². The van der Waals surface area contributed by atoms with Gasteiger partial charge in [-0.1, -0.05) is 34.6 Å². The van der Waals surface area contributed by atoms with Gasteiger partial charge in [-0.3, -0.25) is 0 Å². The smallest absolute Gasteiger partial charge is 0.129 e. The number of nitrogens with zero attached hydrogens (tertiary/aromatic N) is 2. The van der Waals surface area contributed by atoms with Crippen LogP contribution >= 0.6 is 0 Å². The van der Waals surface area contributed by atoms with Gasteiger partial charge in [-0.2, -0.15) is 0 Å². The van der Waals surface area contributed by atoms with Crippen molar-refractivity contribution in [3.05, 3.63) is 23.8 Å². The fourth-order valence-electron chi connectivity index (χ4n) is 1.30. The molecule has 0 amide bonds. The van der Waals surface area contributed by atoms with Crippen LogP contribution in [0.3, 0.4) is 0 Å². The van der Waals surface area contributed by atoms with E-state index in [0.717, 1.165) is 17.9 Å². The summed E-state index contributed by atoms with van der Waals surface area (Å²) >= 11 is 0. The Hall–Kier alpha value is -0.920. The summed E-state index contributed by atoms with van der Waals surface area (Å²) in [6.07, 6.45) is 2.80. The van der Waals surface area contributed by atoms with E-state index in [-0.39, 0.29) is 5.41 Å². The number of aromatic nitrogens is 2. The van der Waals surface area contributed by atoms with Crippen LogP contribution < -0.4 is 0 Å². The van der Waals surface area contributed by atoms with Gasteiger partial charge in [0.25, 0.3) is 0 Å². The Morgan fingerprint density at radius 3 is 2.43 bits per heavy atom. The Kier molecular flexibility index (Phi) is 3.25. The molecular weight excluding hydrogens is 172 g/mol. The summed E-state index contributed by atoms with van der Waals surface area (Å²) in [6, 6.07) is 2.00. The lowest BCUT2D eigenvalue weighted by atomic mass is 9.92. The van der Waals surface area contributed by atoms with Gasteiger partial charge in [0, 0.05) is 18.3 Å². The van der Waals surface area contributed by atoms with E-state index in [1.807, 2.05) is 12.3 Å². The zero-order valence-corrected chi connectivity index (χ0v) is 9.83. The van der Waals surface area contributed by atoms with E-state index in [9.17, 15) is 0 Å². The van der Waals surface area contributed by atoms with Crippen LogP contribution in [0, 0.1) is 5.41 Å². The lowest BCUT2D eigenvalue weighted by molar-refractivity contribution is 0.399. The highest BCUT2D eigenvalue weighted by atomic mass is 14.9. The van der Waals surface area contributed by atoms with Gasteiger partial charge in [0.15, 0.2) is 0 Å². The summed E-state index contributed by atoms with van der Waals surface area (Å²) in [4.78, 5) is 8.84. The first kappa shape index (κ1) is 11.2. The Balaban J connectivity index is 2.84. The topological polar surface area (TPSA) is 25.8 Å². The first-order valence-electron chi connectivity index (χ1n) is 5.20. The van der Waals surface area contributed by atoms with Gasteiger partial charge in [-0.15, -0.1) is 0 Å². The first-order valence-corrected chi connectivity index (χ1v) is 5.20. The minimum absolute atomic E-state index is 0.260. The molecule has 0 saturated heterocycles. The molecule has 0 aliphatic heterocycles. The third-order valence-corrected chi connectivity index (χ3v) is 2.01. The van der Waals surface area contributed by atoms with Crippen LogP contribution in [-0.4, -0.2) is 9.97 Å². The summed E-state index contributed by atoms with van der Waals surface area (Å²) < 4.78 is 0. The molecule has 0 aliphatic carbocycles. The molecule has 2 heteroatoms. The van der Waals surface area contributed by atoms with Gasteiger partial charge >= 0.3 is 0 Å². The van der Waals surface area contributed by atoms with Crippen molar-refractivity contribution in [2.75, 3.05) is 0 Å². The summed E-state index contributed by atoms with van der Waals surface area (Å²) in [7, 11) is 0. The molecule has 1 rings (SSSR count). The number of hydrogen-bond donors (Lipinski definition) is 0. The molecule has 0 fully saturated rings. The second kappa shape index (κ2) is 4.07. The van der Waals surface area contributed by atoms with E-state index in [1.54, 1.807) is 0 Å². The predicted molar refractivity (Wildman–Crippen MR) is 59.3 cm³/mol. The normalized spacial score (nSPS) is 12.1. The van der Waals surface area contributed by atoms with E-state index in [1.165, 1.54) is 0 Å². The molecule has 1 aromatic heterocycles. The van der Waals surface area contributed by atoms with Crippen LogP contribution in [0.25, 0.3) is 0 Å². The third-order valence-electron chi connectivity index (χ3n) is 2.01. The minimum Gasteiger partial charge on any atom is -0.241 e. The largest absolute Gasteiger partial charge is 0.241 e. The zero-order chi connectivity index (χ0) is 10.8. The Labute approximate surface area is 86.8 Å². The van der Waals surface area contributed by atoms with Crippen LogP contribution in [0.4, 0.5) is 0 Å². The number of rotatable bonds is 2. The molecule has 0 bridgehead atoms. The molecule has 0 aromatic carbocycles. The van der Waals surface area contributed by atoms with Crippen molar-refractivity contribution in [2.24, 2.45) is 5.41 Å². The van der Waals surface area contributed by atoms with E-state index < -0.39 is 0 Å². The average Bonchev–Trinajstić information content (AvgIpc) is 2.01. The van der Waals surface area contributed by atoms with Crippen molar-refractivity contribution in [2.45, 2.75) is 47.0 Å². The van der Waals surface area contributed by atoms with Crippen molar-refractivity contribution < 1.29 is 0 Å². The van der Waals surface area contributed by atoms with Gasteiger partial charge in [-0.25, -0.2) is 9.97 Å². The maximum Gasteiger partial charge on any atom is 0.129 e. The highest BCUT2D eigenvalue weighted by Gasteiger charge is 2.13. The first-order chi connectivity index (χ1) is 6.38. The fourth-order valence-corrected chi connectivity index (χ4v) is 1.30. The Bertz CT molecular complexity index is 297. The average molecular weight is 192 g/mol. The molecule has 0 saturated carbocycles. The second-order valence-corrected chi connectivity index (χ2v) is 5.29. The van der Waals surface area contributed by atoms with Crippen molar-refractivity contribution in [1.29, 1.82) is 0 Å². The molecule has 14 heavy (non-hydrogen) atoms. The molecule has 1 heterocycles. The SMILES string of the molecule is CC(C)c1ccnc(CC(C)(C)C)n1. The standard InChI is InChI=1S/C12H20N2/c1-9(2)10-6-7-13-11(14-10)8-12(3,4)5/h6-7,9H,8H2,1-5H3. The fraction of sp³-hybridized carbons (Fsp3) is 0.667. The maximum absolute atomic E-state index is 4.55.